The predicted octanol–water partition coefficient (Wildman–Crippen LogP) is 1.42. The average molecular weight is 220 g/mol. The molecule has 6 heteroatoms. The lowest BCUT2D eigenvalue weighted by Gasteiger charge is -2.10. The Bertz CT molecular complexity index is 367. The summed E-state index contributed by atoms with van der Waals surface area (Å²) in [5, 5.41) is 0. The van der Waals surface area contributed by atoms with Crippen molar-refractivity contribution in [2.45, 2.75) is 4.90 Å². The van der Waals surface area contributed by atoms with Crippen LogP contribution in [0, 0.1) is 5.82 Å². The molecule has 0 aliphatic rings. The number of halogens is 1. The zero-order valence-corrected chi connectivity index (χ0v) is 8.43. The largest absolute Gasteiger partial charge is 0.492 e. The van der Waals surface area contributed by atoms with E-state index in [-0.39, 0.29) is 16.4 Å². The van der Waals surface area contributed by atoms with Crippen LogP contribution in [0.1, 0.15) is 0 Å². The molecule has 0 heterocycles. The van der Waals surface area contributed by atoms with Crippen LogP contribution >= 0.6 is 0 Å². The van der Waals surface area contributed by atoms with Crippen LogP contribution < -0.4 is 9.47 Å². The van der Waals surface area contributed by atoms with Crippen molar-refractivity contribution in [3.63, 3.8) is 0 Å². The van der Waals surface area contributed by atoms with Crippen molar-refractivity contribution in [1.82, 2.24) is 0 Å². The summed E-state index contributed by atoms with van der Waals surface area (Å²) < 4.78 is 42.3. The number of hydrogen-bond donors (Lipinski definition) is 1. The smallest absolute Gasteiger partial charge is 0.198 e. The summed E-state index contributed by atoms with van der Waals surface area (Å²) in [6.45, 7) is 0. The third-order valence-electron chi connectivity index (χ3n) is 1.62. The molecular formula is C8H9FO4S. The van der Waals surface area contributed by atoms with Crippen LogP contribution in [0.5, 0.6) is 11.5 Å². The first-order valence-electron chi connectivity index (χ1n) is 3.63. The summed E-state index contributed by atoms with van der Waals surface area (Å²) in [7, 11) is 2.53. The van der Waals surface area contributed by atoms with Crippen LogP contribution in [0.4, 0.5) is 4.39 Å². The Morgan fingerprint density at radius 3 is 2.29 bits per heavy atom. The summed E-state index contributed by atoms with van der Waals surface area (Å²) >= 11 is -2.23. The van der Waals surface area contributed by atoms with E-state index >= 15 is 0 Å². The lowest BCUT2D eigenvalue weighted by Crippen LogP contribution is -1.99. The van der Waals surface area contributed by atoms with Crippen molar-refractivity contribution >= 4 is 11.1 Å². The van der Waals surface area contributed by atoms with Gasteiger partial charge in [-0.2, -0.15) is 0 Å². The highest BCUT2D eigenvalue weighted by atomic mass is 32.2. The number of benzene rings is 1. The zero-order valence-electron chi connectivity index (χ0n) is 7.61. The van der Waals surface area contributed by atoms with Gasteiger partial charge in [-0.25, -0.2) is 8.60 Å². The zero-order chi connectivity index (χ0) is 10.7. The van der Waals surface area contributed by atoms with Crippen LogP contribution in [-0.4, -0.2) is 23.0 Å². The molecule has 14 heavy (non-hydrogen) atoms. The molecule has 0 radical (unpaired) electrons. The molecule has 78 valence electrons. The van der Waals surface area contributed by atoms with E-state index in [4.69, 9.17) is 14.0 Å². The molecule has 0 saturated heterocycles. The number of hydrogen-bond acceptors (Lipinski definition) is 3. The van der Waals surface area contributed by atoms with E-state index in [1.165, 1.54) is 20.3 Å². The summed E-state index contributed by atoms with van der Waals surface area (Å²) in [6.07, 6.45) is 0. The number of rotatable bonds is 3. The molecule has 1 aromatic carbocycles. The van der Waals surface area contributed by atoms with E-state index < -0.39 is 16.9 Å². The average Bonchev–Trinajstić information content (AvgIpc) is 2.16. The summed E-state index contributed by atoms with van der Waals surface area (Å²) in [6, 6.07) is 2.22. The molecule has 0 saturated carbocycles. The SMILES string of the molecule is COc1c(F)ccc(S(=O)O)c1OC. The number of methoxy groups -OCH3 is 2. The van der Waals surface area contributed by atoms with Crippen molar-refractivity contribution in [3.8, 4) is 11.5 Å². The predicted molar refractivity (Wildman–Crippen MR) is 48.5 cm³/mol. The van der Waals surface area contributed by atoms with E-state index in [0.717, 1.165) is 6.07 Å². The molecule has 1 N–H and O–H groups in total. The molecule has 0 bridgehead atoms. The third-order valence-corrected chi connectivity index (χ3v) is 2.32. The molecule has 0 spiro atoms. The summed E-state index contributed by atoms with van der Waals surface area (Å²) in [5.74, 6) is -0.876. The van der Waals surface area contributed by atoms with Crippen molar-refractivity contribution in [1.29, 1.82) is 0 Å². The maximum atomic E-state index is 13.1. The Morgan fingerprint density at radius 2 is 1.86 bits per heavy atom. The van der Waals surface area contributed by atoms with Gasteiger partial charge in [0.2, 0.25) is 0 Å². The van der Waals surface area contributed by atoms with E-state index in [9.17, 15) is 8.60 Å². The second-order valence-corrected chi connectivity index (χ2v) is 3.30. The van der Waals surface area contributed by atoms with Crippen molar-refractivity contribution in [2.75, 3.05) is 14.2 Å². The van der Waals surface area contributed by atoms with Crippen LogP contribution in [-0.2, 0) is 11.1 Å². The lowest BCUT2D eigenvalue weighted by molar-refractivity contribution is 0.330. The lowest BCUT2D eigenvalue weighted by atomic mass is 10.3. The van der Waals surface area contributed by atoms with Crippen molar-refractivity contribution in [3.05, 3.63) is 17.9 Å². The highest BCUT2D eigenvalue weighted by Crippen LogP contribution is 2.35. The van der Waals surface area contributed by atoms with Gasteiger partial charge in [-0.3, -0.25) is 0 Å². The number of ether oxygens (including phenoxy) is 2. The molecule has 1 atom stereocenters. The summed E-state index contributed by atoms with van der Waals surface area (Å²) in [5.41, 5.74) is 0. The van der Waals surface area contributed by atoms with Gasteiger partial charge in [0.25, 0.3) is 0 Å². The monoisotopic (exact) mass is 220 g/mol. The van der Waals surface area contributed by atoms with Gasteiger partial charge >= 0.3 is 0 Å². The molecular weight excluding hydrogens is 211 g/mol. The maximum absolute atomic E-state index is 13.1. The molecule has 0 aliphatic heterocycles. The van der Waals surface area contributed by atoms with E-state index in [2.05, 4.69) is 0 Å². The van der Waals surface area contributed by atoms with Crippen molar-refractivity contribution in [2.24, 2.45) is 0 Å². The molecule has 0 aliphatic carbocycles. The van der Waals surface area contributed by atoms with E-state index in [0.29, 0.717) is 0 Å². The first kappa shape index (κ1) is 10.9. The quantitative estimate of drug-likeness (QED) is 0.783. The topological polar surface area (TPSA) is 55.8 Å². The van der Waals surface area contributed by atoms with Gasteiger partial charge in [-0.15, -0.1) is 0 Å². The first-order valence-corrected chi connectivity index (χ1v) is 4.73. The minimum absolute atomic E-state index is 0.0225. The molecule has 0 fully saturated rings. The Morgan fingerprint density at radius 1 is 1.29 bits per heavy atom. The standard InChI is InChI=1S/C8H9FO4S/c1-12-7-5(9)3-4-6(14(10)11)8(7)13-2/h3-4H,1-2H3,(H,10,11). The fourth-order valence-electron chi connectivity index (χ4n) is 1.04. The van der Waals surface area contributed by atoms with Gasteiger partial charge in [0.1, 0.15) is 4.90 Å². The minimum Gasteiger partial charge on any atom is -0.492 e. The first-order chi connectivity index (χ1) is 6.61. The highest BCUT2D eigenvalue weighted by molar-refractivity contribution is 7.79. The Hall–Kier alpha value is -1.14. The fraction of sp³-hybridized carbons (Fsp3) is 0.250. The van der Waals surface area contributed by atoms with Gasteiger partial charge < -0.3 is 14.0 Å². The van der Waals surface area contributed by atoms with E-state index in [1.807, 2.05) is 0 Å². The van der Waals surface area contributed by atoms with Gasteiger partial charge in [0.15, 0.2) is 28.4 Å². The Balaban J connectivity index is 3.40. The maximum Gasteiger partial charge on any atom is 0.198 e. The van der Waals surface area contributed by atoms with Gasteiger partial charge in [-0.1, -0.05) is 0 Å². The second kappa shape index (κ2) is 4.39. The second-order valence-electron chi connectivity index (χ2n) is 2.36. The van der Waals surface area contributed by atoms with Crippen LogP contribution in [0.2, 0.25) is 0 Å². The van der Waals surface area contributed by atoms with Crippen LogP contribution in [0.3, 0.4) is 0 Å². The van der Waals surface area contributed by atoms with Gasteiger partial charge in [0.05, 0.1) is 14.2 Å². The van der Waals surface area contributed by atoms with Crippen LogP contribution in [0.25, 0.3) is 0 Å². The highest BCUT2D eigenvalue weighted by Gasteiger charge is 2.17. The Kier molecular flexibility index (Phi) is 3.43. The molecule has 0 amide bonds. The summed E-state index contributed by atoms with van der Waals surface area (Å²) in [4.78, 5) is -0.0225. The molecule has 1 unspecified atom stereocenters. The Labute approximate surface area is 82.9 Å². The third kappa shape index (κ3) is 1.85. The molecule has 4 nitrogen and oxygen atoms in total. The van der Waals surface area contributed by atoms with E-state index in [1.54, 1.807) is 0 Å². The van der Waals surface area contributed by atoms with Gasteiger partial charge in [0, 0.05) is 0 Å². The normalized spacial score (nSPS) is 12.3. The fourth-order valence-corrected chi connectivity index (χ4v) is 1.56. The molecule has 1 rings (SSSR count). The molecule has 1 aromatic rings. The van der Waals surface area contributed by atoms with Crippen LogP contribution in [0.15, 0.2) is 17.0 Å². The van der Waals surface area contributed by atoms with Crippen molar-refractivity contribution < 1.29 is 22.6 Å². The minimum atomic E-state index is -2.23. The molecule has 0 aromatic heterocycles. The van der Waals surface area contributed by atoms with Gasteiger partial charge in [-0.05, 0) is 12.1 Å².